The van der Waals surface area contributed by atoms with Crippen molar-refractivity contribution in [1.29, 1.82) is 0 Å². The number of anilines is 1. The lowest BCUT2D eigenvalue weighted by Gasteiger charge is -2.37. The van der Waals surface area contributed by atoms with Crippen molar-refractivity contribution in [3.05, 3.63) is 24.5 Å². The summed E-state index contributed by atoms with van der Waals surface area (Å²) >= 11 is 0. The number of hydrogen-bond acceptors (Lipinski definition) is 7. The van der Waals surface area contributed by atoms with Crippen LogP contribution in [0, 0.1) is 0 Å². The smallest absolute Gasteiger partial charge is 0.225 e. The summed E-state index contributed by atoms with van der Waals surface area (Å²) in [7, 11) is 0. The molecule has 0 spiro atoms. The van der Waals surface area contributed by atoms with E-state index in [1.807, 2.05) is 24.8 Å². The summed E-state index contributed by atoms with van der Waals surface area (Å²) in [6.45, 7) is 11.5. The van der Waals surface area contributed by atoms with Crippen molar-refractivity contribution < 1.29 is 14.3 Å². The summed E-state index contributed by atoms with van der Waals surface area (Å²) in [6, 6.07) is 6.30. The molecule has 30 heavy (non-hydrogen) atoms. The molecule has 0 saturated carbocycles. The SMILES string of the molecule is CC(C)Oc1ncnc2ccc(N3CCN(CCN4CCOCCC4=O)CC3)cc12. The molecule has 1 amide bonds. The maximum atomic E-state index is 12.1. The topological polar surface area (TPSA) is 71.0 Å². The molecule has 0 bridgehead atoms. The van der Waals surface area contributed by atoms with E-state index in [1.165, 1.54) is 5.69 Å². The molecule has 2 aromatic rings. The number of aromatic nitrogens is 2. The summed E-state index contributed by atoms with van der Waals surface area (Å²) < 4.78 is 11.3. The van der Waals surface area contributed by atoms with Gasteiger partial charge < -0.3 is 19.3 Å². The van der Waals surface area contributed by atoms with E-state index in [4.69, 9.17) is 9.47 Å². The lowest BCUT2D eigenvalue weighted by atomic mass is 10.2. The van der Waals surface area contributed by atoms with Crippen LogP contribution in [0.1, 0.15) is 20.3 Å². The van der Waals surface area contributed by atoms with Crippen molar-refractivity contribution >= 4 is 22.5 Å². The van der Waals surface area contributed by atoms with E-state index in [0.29, 0.717) is 32.1 Å². The summed E-state index contributed by atoms with van der Waals surface area (Å²) in [4.78, 5) is 27.6. The highest BCUT2D eigenvalue weighted by molar-refractivity contribution is 5.86. The van der Waals surface area contributed by atoms with E-state index in [1.54, 1.807) is 6.33 Å². The number of fused-ring (bicyclic) bond motifs is 1. The number of piperazine rings is 1. The van der Waals surface area contributed by atoms with E-state index >= 15 is 0 Å². The third-order valence-electron chi connectivity index (χ3n) is 5.67. The third-order valence-corrected chi connectivity index (χ3v) is 5.67. The Labute approximate surface area is 177 Å². The molecule has 0 N–H and O–H groups in total. The van der Waals surface area contributed by atoms with Crippen LogP contribution in [0.25, 0.3) is 10.9 Å². The van der Waals surface area contributed by atoms with E-state index in [-0.39, 0.29) is 12.0 Å². The quantitative estimate of drug-likeness (QED) is 0.715. The maximum Gasteiger partial charge on any atom is 0.225 e. The van der Waals surface area contributed by atoms with Gasteiger partial charge in [0.1, 0.15) is 6.33 Å². The van der Waals surface area contributed by atoms with Crippen LogP contribution in [0.5, 0.6) is 5.88 Å². The standard InChI is InChI=1S/C22H31N5O3/c1-17(2)30-22-19-15-18(3-4-20(19)23-16-24-22)26-9-6-25(7-10-26)8-11-27-12-14-29-13-5-21(27)28/h3-4,15-17H,5-14H2,1-2H3. The van der Waals surface area contributed by atoms with Gasteiger partial charge in [-0.05, 0) is 32.0 Å². The second kappa shape index (κ2) is 9.57. The fourth-order valence-corrected chi connectivity index (χ4v) is 3.98. The first-order chi connectivity index (χ1) is 14.6. The molecular weight excluding hydrogens is 382 g/mol. The van der Waals surface area contributed by atoms with Gasteiger partial charge in [-0.3, -0.25) is 9.69 Å². The van der Waals surface area contributed by atoms with Gasteiger partial charge in [0.25, 0.3) is 0 Å². The minimum Gasteiger partial charge on any atom is -0.474 e. The lowest BCUT2D eigenvalue weighted by Crippen LogP contribution is -2.49. The van der Waals surface area contributed by atoms with Crippen LogP contribution in [-0.2, 0) is 9.53 Å². The van der Waals surface area contributed by atoms with Crippen molar-refractivity contribution in [3.8, 4) is 5.88 Å². The van der Waals surface area contributed by atoms with Crippen LogP contribution < -0.4 is 9.64 Å². The zero-order chi connectivity index (χ0) is 20.9. The van der Waals surface area contributed by atoms with Crippen molar-refractivity contribution in [2.24, 2.45) is 0 Å². The van der Waals surface area contributed by atoms with E-state index in [0.717, 1.165) is 50.2 Å². The largest absolute Gasteiger partial charge is 0.474 e. The molecule has 0 unspecified atom stereocenters. The molecule has 1 aromatic carbocycles. The molecular formula is C22H31N5O3. The number of benzene rings is 1. The van der Waals surface area contributed by atoms with Crippen molar-refractivity contribution in [1.82, 2.24) is 19.8 Å². The monoisotopic (exact) mass is 413 g/mol. The fraction of sp³-hybridized carbons (Fsp3) is 0.591. The summed E-state index contributed by atoms with van der Waals surface area (Å²) in [5.74, 6) is 0.852. The Morgan fingerprint density at radius 2 is 1.90 bits per heavy atom. The summed E-state index contributed by atoms with van der Waals surface area (Å²) in [6.07, 6.45) is 2.12. The van der Waals surface area contributed by atoms with E-state index in [9.17, 15) is 4.79 Å². The molecule has 0 radical (unpaired) electrons. The Bertz CT molecular complexity index is 867. The molecule has 3 heterocycles. The van der Waals surface area contributed by atoms with Gasteiger partial charge in [-0.2, -0.15) is 0 Å². The van der Waals surface area contributed by atoms with Crippen LogP contribution in [0.2, 0.25) is 0 Å². The summed E-state index contributed by atoms with van der Waals surface area (Å²) in [5, 5.41) is 0.952. The second-order valence-electron chi connectivity index (χ2n) is 8.12. The number of carbonyl (C=O) groups is 1. The Morgan fingerprint density at radius 1 is 1.07 bits per heavy atom. The van der Waals surface area contributed by atoms with Gasteiger partial charge in [0.05, 0.1) is 36.6 Å². The zero-order valence-corrected chi connectivity index (χ0v) is 17.9. The van der Waals surface area contributed by atoms with Gasteiger partial charge in [0.15, 0.2) is 0 Å². The van der Waals surface area contributed by atoms with Crippen molar-refractivity contribution in [2.45, 2.75) is 26.4 Å². The van der Waals surface area contributed by atoms with Crippen LogP contribution in [0.3, 0.4) is 0 Å². The number of nitrogens with zero attached hydrogens (tertiary/aromatic N) is 5. The molecule has 4 rings (SSSR count). The minimum atomic E-state index is 0.0675. The van der Waals surface area contributed by atoms with Gasteiger partial charge in [0, 0.05) is 51.5 Å². The van der Waals surface area contributed by atoms with Crippen LogP contribution in [0.4, 0.5) is 5.69 Å². The number of carbonyl (C=O) groups excluding carboxylic acids is 1. The molecule has 0 atom stereocenters. The molecule has 8 nitrogen and oxygen atoms in total. The van der Waals surface area contributed by atoms with E-state index in [2.05, 4.69) is 31.9 Å². The Balaban J connectivity index is 1.35. The summed E-state index contributed by atoms with van der Waals surface area (Å²) in [5.41, 5.74) is 2.07. The van der Waals surface area contributed by atoms with Gasteiger partial charge in [-0.15, -0.1) is 0 Å². The van der Waals surface area contributed by atoms with Crippen molar-refractivity contribution in [2.75, 3.05) is 63.9 Å². The number of rotatable bonds is 6. The number of hydrogen-bond donors (Lipinski definition) is 0. The highest BCUT2D eigenvalue weighted by atomic mass is 16.5. The normalized spacial score (nSPS) is 18.8. The predicted octanol–water partition coefficient (Wildman–Crippen LogP) is 1.79. The third kappa shape index (κ3) is 4.99. The molecule has 2 fully saturated rings. The molecule has 1 aromatic heterocycles. The van der Waals surface area contributed by atoms with Gasteiger partial charge in [-0.1, -0.05) is 0 Å². The van der Waals surface area contributed by atoms with Crippen LogP contribution in [-0.4, -0.2) is 90.8 Å². The second-order valence-corrected chi connectivity index (χ2v) is 8.12. The molecule has 2 aliphatic heterocycles. The molecule has 162 valence electrons. The average Bonchev–Trinajstić information content (AvgIpc) is 2.96. The lowest BCUT2D eigenvalue weighted by molar-refractivity contribution is -0.130. The maximum absolute atomic E-state index is 12.1. The molecule has 0 aliphatic carbocycles. The first kappa shape index (κ1) is 20.8. The van der Waals surface area contributed by atoms with Crippen molar-refractivity contribution in [3.63, 3.8) is 0 Å². The predicted molar refractivity (Wildman–Crippen MR) is 116 cm³/mol. The molecule has 2 saturated heterocycles. The molecule has 8 heteroatoms. The van der Waals surface area contributed by atoms with Gasteiger partial charge >= 0.3 is 0 Å². The highest BCUT2D eigenvalue weighted by Crippen LogP contribution is 2.28. The Morgan fingerprint density at radius 3 is 2.70 bits per heavy atom. The zero-order valence-electron chi connectivity index (χ0n) is 17.9. The highest BCUT2D eigenvalue weighted by Gasteiger charge is 2.21. The minimum absolute atomic E-state index is 0.0675. The van der Waals surface area contributed by atoms with Gasteiger partial charge in [-0.25, -0.2) is 9.97 Å². The van der Waals surface area contributed by atoms with E-state index < -0.39 is 0 Å². The van der Waals surface area contributed by atoms with Crippen LogP contribution in [0.15, 0.2) is 24.5 Å². The first-order valence-corrected chi connectivity index (χ1v) is 10.8. The van der Waals surface area contributed by atoms with Gasteiger partial charge in [0.2, 0.25) is 11.8 Å². The Kier molecular flexibility index (Phi) is 6.64. The number of amides is 1. The fourth-order valence-electron chi connectivity index (χ4n) is 3.98. The van der Waals surface area contributed by atoms with Crippen LogP contribution >= 0.6 is 0 Å². The average molecular weight is 414 g/mol. The first-order valence-electron chi connectivity index (χ1n) is 10.8. The Hall–Kier alpha value is -2.45. The molecule has 2 aliphatic rings. The number of ether oxygens (including phenoxy) is 2.